The van der Waals surface area contributed by atoms with Crippen molar-refractivity contribution in [3.63, 3.8) is 0 Å². The average molecular weight is 373 g/mol. The van der Waals surface area contributed by atoms with Gasteiger partial charge >= 0.3 is 0 Å². The fourth-order valence-corrected chi connectivity index (χ4v) is 4.17. The van der Waals surface area contributed by atoms with Crippen molar-refractivity contribution in [1.29, 1.82) is 0 Å². The van der Waals surface area contributed by atoms with Gasteiger partial charge in [-0.3, -0.25) is 9.36 Å². The zero-order chi connectivity index (χ0) is 17.2. The Labute approximate surface area is 154 Å². The van der Waals surface area contributed by atoms with E-state index in [4.69, 9.17) is 21.3 Å². The summed E-state index contributed by atoms with van der Waals surface area (Å²) in [5, 5.41) is 1.93. The van der Waals surface area contributed by atoms with Gasteiger partial charge in [-0.15, -0.1) is 0 Å². The highest BCUT2D eigenvalue weighted by molar-refractivity contribution is 7.99. The molecule has 128 valence electrons. The molecule has 4 rings (SSSR count). The summed E-state index contributed by atoms with van der Waals surface area (Å²) in [5.74, 6) is 0.790. The number of thioether (sulfide) groups is 1. The van der Waals surface area contributed by atoms with Crippen molar-refractivity contribution in [2.24, 2.45) is 0 Å². The van der Waals surface area contributed by atoms with E-state index in [0.717, 1.165) is 30.9 Å². The van der Waals surface area contributed by atoms with E-state index in [1.807, 2.05) is 36.4 Å². The van der Waals surface area contributed by atoms with Gasteiger partial charge in [0, 0.05) is 17.4 Å². The third-order valence-electron chi connectivity index (χ3n) is 4.25. The Morgan fingerprint density at radius 3 is 2.76 bits per heavy atom. The Morgan fingerprint density at radius 2 is 2.00 bits per heavy atom. The number of fused-ring (bicyclic) bond motifs is 1. The first kappa shape index (κ1) is 16.6. The molecule has 1 aliphatic rings. The Morgan fingerprint density at radius 1 is 1.20 bits per heavy atom. The van der Waals surface area contributed by atoms with Gasteiger partial charge < -0.3 is 4.74 Å². The van der Waals surface area contributed by atoms with E-state index < -0.39 is 0 Å². The van der Waals surface area contributed by atoms with Crippen LogP contribution < -0.4 is 5.56 Å². The smallest absolute Gasteiger partial charge is 0.266 e. The van der Waals surface area contributed by atoms with E-state index in [9.17, 15) is 4.79 Å². The summed E-state index contributed by atoms with van der Waals surface area (Å²) >= 11 is 7.56. The van der Waals surface area contributed by atoms with Crippen molar-refractivity contribution in [3.05, 3.63) is 63.9 Å². The maximum atomic E-state index is 13.1. The molecule has 2 aromatic carbocycles. The summed E-state index contributed by atoms with van der Waals surface area (Å²) in [6.45, 7) is 0.820. The molecule has 0 N–H and O–H groups in total. The molecule has 0 aliphatic carbocycles. The third-order valence-corrected chi connectivity index (χ3v) is 5.57. The molecule has 0 spiro atoms. The van der Waals surface area contributed by atoms with Gasteiger partial charge in [-0.25, -0.2) is 4.98 Å². The Hall–Kier alpha value is -1.82. The molecule has 0 amide bonds. The summed E-state index contributed by atoms with van der Waals surface area (Å²) in [4.78, 5) is 17.8. The lowest BCUT2D eigenvalue weighted by atomic mass is 10.2. The molecule has 1 saturated heterocycles. The van der Waals surface area contributed by atoms with E-state index in [0.29, 0.717) is 21.1 Å². The van der Waals surface area contributed by atoms with Gasteiger partial charge in [0.15, 0.2) is 5.16 Å². The maximum Gasteiger partial charge on any atom is 0.266 e. The second-order valence-corrected chi connectivity index (χ2v) is 7.40. The van der Waals surface area contributed by atoms with Crippen molar-refractivity contribution in [2.75, 3.05) is 12.4 Å². The Bertz CT molecular complexity index is 950. The lowest BCUT2D eigenvalue weighted by molar-refractivity contribution is 0.129. The topological polar surface area (TPSA) is 44.1 Å². The second-order valence-electron chi connectivity index (χ2n) is 5.97. The van der Waals surface area contributed by atoms with Gasteiger partial charge in [0.05, 0.1) is 22.7 Å². The number of para-hydroxylation sites is 1. The van der Waals surface area contributed by atoms with Crippen LogP contribution in [0.5, 0.6) is 0 Å². The first-order chi connectivity index (χ1) is 12.2. The summed E-state index contributed by atoms with van der Waals surface area (Å²) in [5.41, 5.74) is 1.41. The van der Waals surface area contributed by atoms with Crippen LogP contribution in [0.3, 0.4) is 0 Å². The molecular formula is C19H17ClN2O2S. The van der Waals surface area contributed by atoms with E-state index in [1.54, 1.807) is 28.5 Å². The van der Waals surface area contributed by atoms with Crippen LogP contribution in [0, 0.1) is 0 Å². The molecule has 1 fully saturated rings. The number of hydrogen-bond acceptors (Lipinski definition) is 4. The maximum absolute atomic E-state index is 13.1. The highest BCUT2D eigenvalue weighted by Gasteiger charge is 2.19. The molecule has 0 bridgehead atoms. The molecule has 0 unspecified atom stereocenters. The second kappa shape index (κ2) is 7.20. The van der Waals surface area contributed by atoms with Crippen molar-refractivity contribution >= 4 is 34.3 Å². The van der Waals surface area contributed by atoms with Crippen LogP contribution in [-0.2, 0) is 4.74 Å². The average Bonchev–Trinajstić information content (AvgIpc) is 3.15. The van der Waals surface area contributed by atoms with Crippen LogP contribution in [0.1, 0.15) is 12.8 Å². The number of benzene rings is 2. The SMILES string of the molecule is O=c1c2ccccc2nc(SC[C@H]2CCCO2)n1-c1ccc(Cl)cc1. The zero-order valence-electron chi connectivity index (χ0n) is 13.5. The van der Waals surface area contributed by atoms with E-state index in [1.165, 1.54) is 0 Å². The normalized spacial score (nSPS) is 17.2. The minimum absolute atomic E-state index is 0.0669. The highest BCUT2D eigenvalue weighted by Crippen LogP contribution is 2.25. The zero-order valence-corrected chi connectivity index (χ0v) is 15.1. The first-order valence-corrected chi connectivity index (χ1v) is 9.61. The number of rotatable bonds is 4. The lowest BCUT2D eigenvalue weighted by Gasteiger charge is -2.15. The van der Waals surface area contributed by atoms with E-state index in [2.05, 4.69) is 0 Å². The fourth-order valence-electron chi connectivity index (χ4n) is 2.97. The van der Waals surface area contributed by atoms with Gasteiger partial charge in [-0.1, -0.05) is 35.5 Å². The Kier molecular flexibility index (Phi) is 4.79. The Balaban J connectivity index is 1.81. The largest absolute Gasteiger partial charge is 0.377 e. The predicted molar refractivity (Wildman–Crippen MR) is 102 cm³/mol. The quantitative estimate of drug-likeness (QED) is 0.505. The van der Waals surface area contributed by atoms with Crippen LogP contribution in [-0.4, -0.2) is 28.0 Å². The summed E-state index contributed by atoms with van der Waals surface area (Å²) < 4.78 is 7.37. The molecule has 4 nitrogen and oxygen atoms in total. The molecule has 1 atom stereocenters. The van der Waals surface area contributed by atoms with Gasteiger partial charge in [0.25, 0.3) is 5.56 Å². The molecule has 0 saturated carbocycles. The summed E-state index contributed by atoms with van der Waals surface area (Å²) in [6, 6.07) is 14.7. The van der Waals surface area contributed by atoms with Crippen LogP contribution >= 0.6 is 23.4 Å². The van der Waals surface area contributed by atoms with Crippen LogP contribution in [0.4, 0.5) is 0 Å². The highest BCUT2D eigenvalue weighted by atomic mass is 35.5. The van der Waals surface area contributed by atoms with Crippen molar-refractivity contribution in [2.45, 2.75) is 24.1 Å². The number of hydrogen-bond donors (Lipinski definition) is 0. The minimum Gasteiger partial charge on any atom is -0.377 e. The monoisotopic (exact) mass is 372 g/mol. The number of nitrogens with zero attached hydrogens (tertiary/aromatic N) is 2. The van der Waals surface area contributed by atoms with Gasteiger partial charge in [-0.2, -0.15) is 0 Å². The molecule has 0 radical (unpaired) electrons. The van der Waals surface area contributed by atoms with Crippen molar-refractivity contribution < 1.29 is 4.74 Å². The number of ether oxygens (including phenoxy) is 1. The van der Waals surface area contributed by atoms with Crippen LogP contribution in [0.25, 0.3) is 16.6 Å². The van der Waals surface area contributed by atoms with Crippen molar-refractivity contribution in [3.8, 4) is 5.69 Å². The molecular weight excluding hydrogens is 356 g/mol. The van der Waals surface area contributed by atoms with Gasteiger partial charge in [0.2, 0.25) is 0 Å². The lowest BCUT2D eigenvalue weighted by Crippen LogP contribution is -2.22. The molecule has 1 aliphatic heterocycles. The standard InChI is InChI=1S/C19H17ClN2O2S/c20-13-7-9-14(10-8-13)22-18(23)16-5-1-2-6-17(16)21-19(22)25-12-15-4-3-11-24-15/h1-2,5-10,15H,3-4,11-12H2/t15-/m1/s1. The molecule has 25 heavy (non-hydrogen) atoms. The summed E-state index contributed by atoms with van der Waals surface area (Å²) in [6.07, 6.45) is 2.39. The number of aromatic nitrogens is 2. The van der Waals surface area contributed by atoms with Crippen molar-refractivity contribution in [1.82, 2.24) is 9.55 Å². The third kappa shape index (κ3) is 3.45. The fraction of sp³-hybridized carbons (Fsp3) is 0.263. The van der Waals surface area contributed by atoms with E-state index >= 15 is 0 Å². The molecule has 2 heterocycles. The molecule has 6 heteroatoms. The number of halogens is 1. The molecule has 3 aromatic rings. The van der Waals surface area contributed by atoms with E-state index in [-0.39, 0.29) is 11.7 Å². The summed E-state index contributed by atoms with van der Waals surface area (Å²) in [7, 11) is 0. The molecule has 1 aromatic heterocycles. The van der Waals surface area contributed by atoms with Crippen LogP contribution in [0.15, 0.2) is 58.5 Å². The first-order valence-electron chi connectivity index (χ1n) is 8.24. The van der Waals surface area contributed by atoms with Crippen LogP contribution in [0.2, 0.25) is 5.02 Å². The predicted octanol–water partition coefficient (Wildman–Crippen LogP) is 4.31. The van der Waals surface area contributed by atoms with Gasteiger partial charge in [0.1, 0.15) is 0 Å². The van der Waals surface area contributed by atoms with Gasteiger partial charge in [-0.05, 0) is 49.2 Å². The minimum atomic E-state index is -0.0669.